The lowest BCUT2D eigenvalue weighted by atomic mass is 9.98. The van der Waals surface area contributed by atoms with E-state index in [0.717, 1.165) is 19.3 Å². The highest BCUT2D eigenvalue weighted by atomic mass is 31.2. The Morgan fingerprint density at radius 2 is 1.94 bits per heavy atom. The third kappa shape index (κ3) is 7.01. The molecule has 1 aromatic heterocycles. The van der Waals surface area contributed by atoms with Crippen molar-refractivity contribution in [2.75, 3.05) is 6.61 Å². The number of carbonyl (C=O) groups is 1. The van der Waals surface area contributed by atoms with E-state index >= 15 is 0 Å². The number of H-pyrrole nitrogens is 1. The average Bonchev–Trinajstić information content (AvgIpc) is 3.57. The molecule has 1 aliphatic carbocycles. The van der Waals surface area contributed by atoms with Crippen LogP contribution in [0.2, 0.25) is 0 Å². The molecule has 2 aromatic rings. The van der Waals surface area contributed by atoms with Gasteiger partial charge in [0, 0.05) is 18.2 Å². The number of hydrogen-bond acceptors (Lipinski definition) is 8. The van der Waals surface area contributed by atoms with Gasteiger partial charge in [0.2, 0.25) is 0 Å². The van der Waals surface area contributed by atoms with Crippen LogP contribution < -0.4 is 20.9 Å². The highest BCUT2D eigenvalue weighted by molar-refractivity contribution is 7.45. The van der Waals surface area contributed by atoms with Crippen LogP contribution in [0.4, 0.5) is 0 Å². The third-order valence-corrected chi connectivity index (χ3v) is 7.26. The molecule has 5 atom stereocenters. The lowest BCUT2D eigenvalue weighted by Crippen LogP contribution is -2.35. The van der Waals surface area contributed by atoms with Gasteiger partial charge in [0.15, 0.2) is 0 Å². The molecule has 2 heterocycles. The number of hydrogen-bond donors (Lipinski definition) is 2. The standard InChI is InChI=1S/C24H32N3O7P/c1-15(2)32-23(29)16(3)26-35(34-18-7-5-4-6-8-18)31-14-19-13-20(17-9-10-17)22(33-19)27-12-11-21(28)25-24(27)30/h4-8,11-12,15-17,19-20,22,26H,9-10,13-14H2,1-3H3,(H,25,28,30). The van der Waals surface area contributed by atoms with Gasteiger partial charge in [0.25, 0.3) is 5.56 Å². The predicted molar refractivity (Wildman–Crippen MR) is 130 cm³/mol. The Bertz CT molecular complexity index is 1100. The van der Waals surface area contributed by atoms with Crippen LogP contribution in [0.15, 0.2) is 52.2 Å². The first-order chi connectivity index (χ1) is 16.8. The van der Waals surface area contributed by atoms with E-state index in [1.807, 2.05) is 30.3 Å². The van der Waals surface area contributed by atoms with E-state index < -0.39 is 38.0 Å². The molecule has 190 valence electrons. The highest BCUT2D eigenvalue weighted by Gasteiger charge is 2.45. The van der Waals surface area contributed by atoms with Gasteiger partial charge < -0.3 is 18.5 Å². The van der Waals surface area contributed by atoms with Crippen molar-refractivity contribution in [3.8, 4) is 5.75 Å². The molecule has 5 unspecified atom stereocenters. The summed E-state index contributed by atoms with van der Waals surface area (Å²) in [7, 11) is -1.69. The molecule has 4 rings (SSSR count). The van der Waals surface area contributed by atoms with Crippen LogP contribution in [0.5, 0.6) is 5.75 Å². The third-order valence-electron chi connectivity index (χ3n) is 5.90. The zero-order valence-electron chi connectivity index (χ0n) is 20.1. The van der Waals surface area contributed by atoms with Crippen molar-refractivity contribution in [1.82, 2.24) is 14.6 Å². The Hall–Kier alpha value is -2.52. The summed E-state index contributed by atoms with van der Waals surface area (Å²) in [6.45, 7) is 5.51. The molecule has 1 aliphatic heterocycles. The monoisotopic (exact) mass is 505 g/mol. The number of esters is 1. The largest absolute Gasteiger partial charge is 0.462 e. The van der Waals surface area contributed by atoms with Crippen molar-refractivity contribution < 1.29 is 23.3 Å². The number of aromatic amines is 1. The van der Waals surface area contributed by atoms with E-state index in [2.05, 4.69) is 10.1 Å². The number of nitrogens with one attached hydrogen (secondary N) is 2. The second-order valence-corrected chi connectivity index (χ2v) is 10.4. The Kier molecular flexibility index (Phi) is 8.38. The van der Waals surface area contributed by atoms with Crippen LogP contribution in [-0.4, -0.2) is 40.4 Å². The molecule has 2 aliphatic rings. The Balaban J connectivity index is 1.42. The number of para-hydroxylation sites is 1. The first-order valence-electron chi connectivity index (χ1n) is 11.9. The predicted octanol–water partition coefficient (Wildman–Crippen LogP) is 3.10. The summed E-state index contributed by atoms with van der Waals surface area (Å²) in [4.78, 5) is 38.5. The molecule has 1 saturated carbocycles. The van der Waals surface area contributed by atoms with Gasteiger partial charge >= 0.3 is 20.2 Å². The van der Waals surface area contributed by atoms with Crippen molar-refractivity contribution in [1.29, 1.82) is 0 Å². The van der Waals surface area contributed by atoms with Gasteiger partial charge in [0.05, 0.1) is 18.8 Å². The molecular weight excluding hydrogens is 473 g/mol. The summed E-state index contributed by atoms with van der Waals surface area (Å²) in [6, 6.07) is 9.90. The topological polar surface area (TPSA) is 121 Å². The minimum atomic E-state index is -1.69. The number of nitrogens with zero attached hydrogens (tertiary/aromatic N) is 1. The molecule has 2 fully saturated rings. The van der Waals surface area contributed by atoms with E-state index in [0.29, 0.717) is 11.7 Å². The molecule has 10 nitrogen and oxygen atoms in total. The van der Waals surface area contributed by atoms with Crippen molar-refractivity contribution in [2.24, 2.45) is 11.8 Å². The Labute approximate surface area is 204 Å². The van der Waals surface area contributed by atoms with Gasteiger partial charge in [-0.3, -0.25) is 19.1 Å². The van der Waals surface area contributed by atoms with E-state index in [-0.39, 0.29) is 24.7 Å². The van der Waals surface area contributed by atoms with Crippen LogP contribution in [0.25, 0.3) is 0 Å². The number of aromatic nitrogens is 2. The lowest BCUT2D eigenvalue weighted by molar-refractivity contribution is -0.149. The SMILES string of the molecule is CC(C)OC(=O)C(C)NP(OCC1CC(C2CC2)C(n2ccc(=O)[nH]c2=O)O1)Oc1ccccc1. The average molecular weight is 506 g/mol. The van der Waals surface area contributed by atoms with Gasteiger partial charge in [-0.05, 0) is 58.1 Å². The molecular formula is C24H32N3O7P. The van der Waals surface area contributed by atoms with Crippen molar-refractivity contribution >= 4 is 14.5 Å². The van der Waals surface area contributed by atoms with Gasteiger partial charge in [-0.1, -0.05) is 18.2 Å². The number of rotatable bonds is 11. The van der Waals surface area contributed by atoms with Crippen LogP contribution in [-0.2, 0) is 18.8 Å². The van der Waals surface area contributed by atoms with Gasteiger partial charge in [-0.25, -0.2) is 9.88 Å². The van der Waals surface area contributed by atoms with Crippen molar-refractivity contribution in [3.63, 3.8) is 0 Å². The maximum Gasteiger partial charge on any atom is 0.330 e. The highest BCUT2D eigenvalue weighted by Crippen LogP contribution is 2.49. The minimum absolute atomic E-state index is 0.154. The zero-order chi connectivity index (χ0) is 24.9. The number of carbonyl (C=O) groups excluding carboxylic acids is 1. The summed E-state index contributed by atoms with van der Waals surface area (Å²) >= 11 is 0. The van der Waals surface area contributed by atoms with Gasteiger partial charge in [-0.2, -0.15) is 0 Å². The summed E-state index contributed by atoms with van der Waals surface area (Å²) in [5.74, 6) is 0.851. The zero-order valence-corrected chi connectivity index (χ0v) is 21.0. The van der Waals surface area contributed by atoms with E-state index in [1.54, 1.807) is 20.8 Å². The fourth-order valence-corrected chi connectivity index (χ4v) is 5.31. The molecule has 0 amide bonds. The second kappa shape index (κ2) is 11.5. The van der Waals surface area contributed by atoms with Gasteiger partial charge in [-0.15, -0.1) is 0 Å². The van der Waals surface area contributed by atoms with Crippen LogP contribution in [0, 0.1) is 11.8 Å². The first-order valence-corrected chi connectivity index (χ1v) is 13.1. The maximum atomic E-state index is 12.4. The van der Waals surface area contributed by atoms with E-state index in [1.165, 1.54) is 16.8 Å². The molecule has 35 heavy (non-hydrogen) atoms. The molecule has 11 heteroatoms. The number of ether oxygens (including phenoxy) is 2. The van der Waals surface area contributed by atoms with Crippen molar-refractivity contribution in [3.05, 3.63) is 63.4 Å². The molecule has 0 bridgehead atoms. The quantitative estimate of drug-likeness (QED) is 0.353. The fourth-order valence-electron chi connectivity index (χ4n) is 4.09. The normalized spacial score (nSPS) is 23.7. The molecule has 0 spiro atoms. The molecule has 1 aromatic carbocycles. The minimum Gasteiger partial charge on any atom is -0.462 e. The summed E-state index contributed by atoms with van der Waals surface area (Å²) in [5.41, 5.74) is -0.921. The van der Waals surface area contributed by atoms with Crippen LogP contribution in [0.1, 0.15) is 46.3 Å². The maximum absolute atomic E-state index is 12.4. The lowest BCUT2D eigenvalue weighted by Gasteiger charge is -2.23. The smallest absolute Gasteiger partial charge is 0.330 e. The summed E-state index contributed by atoms with van der Waals surface area (Å²) in [5, 5.41) is 3.09. The van der Waals surface area contributed by atoms with Crippen LogP contribution in [0.3, 0.4) is 0 Å². The molecule has 2 N–H and O–H groups in total. The second-order valence-electron chi connectivity index (χ2n) is 9.20. The Morgan fingerprint density at radius 1 is 1.20 bits per heavy atom. The van der Waals surface area contributed by atoms with Crippen LogP contribution >= 0.6 is 8.53 Å². The van der Waals surface area contributed by atoms with Crippen molar-refractivity contribution in [2.45, 2.75) is 64.5 Å². The first kappa shape index (κ1) is 25.6. The van der Waals surface area contributed by atoms with Gasteiger partial charge in [0.1, 0.15) is 18.0 Å². The molecule has 0 radical (unpaired) electrons. The fraction of sp³-hybridized carbons (Fsp3) is 0.542. The number of benzene rings is 1. The van der Waals surface area contributed by atoms with E-state index in [4.69, 9.17) is 18.5 Å². The molecule has 1 saturated heterocycles. The Morgan fingerprint density at radius 3 is 2.60 bits per heavy atom. The van der Waals surface area contributed by atoms with E-state index in [9.17, 15) is 14.4 Å². The summed E-state index contributed by atoms with van der Waals surface area (Å²) < 4.78 is 25.1. The summed E-state index contributed by atoms with van der Waals surface area (Å²) in [6.07, 6.45) is 3.44.